The number of hydrogen-bond donors (Lipinski definition) is 1. The first-order valence-electron chi connectivity index (χ1n) is 5.65. The van der Waals surface area contributed by atoms with Crippen LogP contribution in [0.5, 0.6) is 0 Å². The van der Waals surface area contributed by atoms with E-state index in [1.807, 2.05) is 19.9 Å². The highest BCUT2D eigenvalue weighted by atomic mass is 35.5. The molecule has 18 heavy (non-hydrogen) atoms. The van der Waals surface area contributed by atoms with Crippen LogP contribution in [0.2, 0.25) is 5.02 Å². The van der Waals surface area contributed by atoms with E-state index in [9.17, 15) is 8.78 Å². The molecule has 2 aromatic rings. The number of aryl methyl sites for hydroxylation is 1. The molecule has 0 atom stereocenters. The van der Waals surface area contributed by atoms with E-state index in [0.29, 0.717) is 22.8 Å². The molecule has 2 rings (SSSR count). The number of nitrogens with one attached hydrogen (secondary N) is 1. The van der Waals surface area contributed by atoms with E-state index in [4.69, 9.17) is 11.6 Å². The summed E-state index contributed by atoms with van der Waals surface area (Å²) in [4.78, 5) is 3.94. The average molecular weight is 271 g/mol. The van der Waals surface area contributed by atoms with Crippen molar-refractivity contribution in [2.75, 3.05) is 11.9 Å². The molecule has 0 fully saturated rings. The minimum atomic E-state index is -2.61. The number of fused-ring (bicyclic) bond motifs is 1. The standard InChI is InChI=1S/C13H13ClF2N2/c1-3-17-10-6-11(13(15)16)18-12-8(10)4-7(2)5-9(12)14/h4-6,13H,3H2,1-2H3,(H,17,18). The van der Waals surface area contributed by atoms with Crippen LogP contribution in [-0.2, 0) is 0 Å². The molecule has 1 heterocycles. The van der Waals surface area contributed by atoms with Crippen molar-refractivity contribution < 1.29 is 8.78 Å². The normalized spacial score (nSPS) is 11.2. The van der Waals surface area contributed by atoms with E-state index in [0.717, 1.165) is 10.9 Å². The van der Waals surface area contributed by atoms with E-state index in [-0.39, 0.29) is 5.69 Å². The largest absolute Gasteiger partial charge is 0.385 e. The molecule has 96 valence electrons. The summed E-state index contributed by atoms with van der Waals surface area (Å²) >= 11 is 6.08. The maximum absolute atomic E-state index is 12.8. The van der Waals surface area contributed by atoms with Gasteiger partial charge >= 0.3 is 0 Å². The third kappa shape index (κ3) is 2.38. The van der Waals surface area contributed by atoms with Gasteiger partial charge in [-0.15, -0.1) is 0 Å². The molecule has 0 aliphatic rings. The lowest BCUT2D eigenvalue weighted by Gasteiger charge is -2.12. The SMILES string of the molecule is CCNc1cc(C(F)F)nc2c(Cl)cc(C)cc12. The van der Waals surface area contributed by atoms with Crippen molar-refractivity contribution in [3.8, 4) is 0 Å². The van der Waals surface area contributed by atoms with Crippen LogP contribution in [0.25, 0.3) is 10.9 Å². The maximum atomic E-state index is 12.8. The lowest BCUT2D eigenvalue weighted by Crippen LogP contribution is -2.01. The molecule has 2 nitrogen and oxygen atoms in total. The highest BCUT2D eigenvalue weighted by molar-refractivity contribution is 6.35. The molecule has 0 aliphatic carbocycles. The molecule has 1 aromatic carbocycles. The Morgan fingerprint density at radius 3 is 2.67 bits per heavy atom. The molecule has 0 radical (unpaired) electrons. The highest BCUT2D eigenvalue weighted by Gasteiger charge is 2.15. The summed E-state index contributed by atoms with van der Waals surface area (Å²) in [5.74, 6) is 0. The van der Waals surface area contributed by atoms with Crippen molar-refractivity contribution in [3.05, 3.63) is 34.5 Å². The number of nitrogens with zero attached hydrogens (tertiary/aromatic N) is 1. The van der Waals surface area contributed by atoms with Crippen LogP contribution < -0.4 is 5.32 Å². The van der Waals surface area contributed by atoms with Crippen molar-refractivity contribution in [1.82, 2.24) is 4.98 Å². The fraction of sp³-hybridized carbons (Fsp3) is 0.308. The molecule has 0 aliphatic heterocycles. The molecule has 0 bridgehead atoms. The third-order valence-corrected chi connectivity index (χ3v) is 2.91. The summed E-state index contributed by atoms with van der Waals surface area (Å²) in [7, 11) is 0. The van der Waals surface area contributed by atoms with Gasteiger partial charge in [0.2, 0.25) is 0 Å². The number of anilines is 1. The van der Waals surface area contributed by atoms with Gasteiger partial charge in [0, 0.05) is 17.6 Å². The minimum Gasteiger partial charge on any atom is -0.385 e. The predicted octanol–water partition coefficient (Wildman–Crippen LogP) is 4.57. The van der Waals surface area contributed by atoms with E-state index in [1.165, 1.54) is 6.07 Å². The summed E-state index contributed by atoms with van der Waals surface area (Å²) in [6.07, 6.45) is -2.61. The van der Waals surface area contributed by atoms with Crippen LogP contribution in [0.15, 0.2) is 18.2 Å². The number of halogens is 3. The first-order chi connectivity index (χ1) is 8.52. The van der Waals surface area contributed by atoms with Gasteiger partial charge in [-0.05, 0) is 37.6 Å². The van der Waals surface area contributed by atoms with Crippen LogP contribution in [0.1, 0.15) is 24.6 Å². The Morgan fingerprint density at radius 2 is 2.06 bits per heavy atom. The molecule has 1 N–H and O–H groups in total. The van der Waals surface area contributed by atoms with Gasteiger partial charge < -0.3 is 5.32 Å². The van der Waals surface area contributed by atoms with Gasteiger partial charge in [0.15, 0.2) is 0 Å². The average Bonchev–Trinajstić information content (AvgIpc) is 2.29. The van der Waals surface area contributed by atoms with E-state index < -0.39 is 6.43 Å². The Hall–Kier alpha value is -1.42. The van der Waals surface area contributed by atoms with Gasteiger partial charge in [-0.3, -0.25) is 0 Å². The lowest BCUT2D eigenvalue weighted by molar-refractivity contribution is 0.146. The van der Waals surface area contributed by atoms with E-state index in [2.05, 4.69) is 10.3 Å². The van der Waals surface area contributed by atoms with Crippen molar-refractivity contribution in [2.24, 2.45) is 0 Å². The van der Waals surface area contributed by atoms with Crippen LogP contribution in [-0.4, -0.2) is 11.5 Å². The molecule has 0 saturated carbocycles. The van der Waals surface area contributed by atoms with Crippen LogP contribution >= 0.6 is 11.6 Å². The maximum Gasteiger partial charge on any atom is 0.280 e. The number of aromatic nitrogens is 1. The second-order valence-electron chi connectivity index (χ2n) is 4.07. The molecule has 1 aromatic heterocycles. The summed E-state index contributed by atoms with van der Waals surface area (Å²) in [6, 6.07) is 5.00. The Bertz CT molecular complexity index is 585. The molecule has 0 saturated heterocycles. The fourth-order valence-electron chi connectivity index (χ4n) is 1.89. The molecule has 0 spiro atoms. The predicted molar refractivity (Wildman–Crippen MR) is 70.6 cm³/mol. The number of rotatable bonds is 3. The number of benzene rings is 1. The first-order valence-corrected chi connectivity index (χ1v) is 6.03. The highest BCUT2D eigenvalue weighted by Crippen LogP contribution is 2.32. The van der Waals surface area contributed by atoms with E-state index in [1.54, 1.807) is 6.07 Å². The second-order valence-corrected chi connectivity index (χ2v) is 4.48. The summed E-state index contributed by atoms with van der Waals surface area (Å²) in [5.41, 5.74) is 1.77. The smallest absolute Gasteiger partial charge is 0.280 e. The van der Waals surface area contributed by atoms with Crippen LogP contribution in [0.4, 0.5) is 14.5 Å². The molecule has 0 amide bonds. The van der Waals surface area contributed by atoms with Gasteiger partial charge in [-0.1, -0.05) is 11.6 Å². The zero-order chi connectivity index (χ0) is 13.3. The van der Waals surface area contributed by atoms with Crippen molar-refractivity contribution in [2.45, 2.75) is 20.3 Å². The summed E-state index contributed by atoms with van der Waals surface area (Å²) < 4.78 is 25.6. The molecule has 5 heteroatoms. The zero-order valence-corrected chi connectivity index (χ0v) is 10.9. The topological polar surface area (TPSA) is 24.9 Å². The summed E-state index contributed by atoms with van der Waals surface area (Å²) in [6.45, 7) is 4.46. The number of alkyl halides is 2. The van der Waals surface area contributed by atoms with E-state index >= 15 is 0 Å². The first kappa shape index (κ1) is 13.0. The fourth-order valence-corrected chi connectivity index (χ4v) is 2.21. The Morgan fingerprint density at radius 1 is 1.33 bits per heavy atom. The molecular weight excluding hydrogens is 258 g/mol. The summed E-state index contributed by atoms with van der Waals surface area (Å²) in [5, 5.41) is 4.23. The van der Waals surface area contributed by atoms with Crippen LogP contribution in [0, 0.1) is 6.92 Å². The Kier molecular flexibility index (Phi) is 3.66. The van der Waals surface area contributed by atoms with Crippen LogP contribution in [0.3, 0.4) is 0 Å². The van der Waals surface area contributed by atoms with Gasteiger partial charge in [-0.25, -0.2) is 13.8 Å². The van der Waals surface area contributed by atoms with Gasteiger partial charge in [0.25, 0.3) is 6.43 Å². The number of hydrogen-bond acceptors (Lipinski definition) is 2. The molecule has 0 unspecified atom stereocenters. The minimum absolute atomic E-state index is 0.260. The third-order valence-electron chi connectivity index (χ3n) is 2.62. The van der Waals surface area contributed by atoms with Gasteiger partial charge in [-0.2, -0.15) is 0 Å². The lowest BCUT2D eigenvalue weighted by atomic mass is 10.1. The Balaban J connectivity index is 2.76. The zero-order valence-electron chi connectivity index (χ0n) is 10.1. The molecular formula is C13H13ClF2N2. The quantitative estimate of drug-likeness (QED) is 0.884. The second kappa shape index (κ2) is 5.06. The van der Waals surface area contributed by atoms with Gasteiger partial charge in [0.05, 0.1) is 10.5 Å². The Labute approximate surface area is 109 Å². The van der Waals surface area contributed by atoms with Crippen molar-refractivity contribution in [1.29, 1.82) is 0 Å². The van der Waals surface area contributed by atoms with Crippen molar-refractivity contribution in [3.63, 3.8) is 0 Å². The van der Waals surface area contributed by atoms with Gasteiger partial charge in [0.1, 0.15) is 5.69 Å². The monoisotopic (exact) mass is 270 g/mol. The number of pyridine rings is 1. The van der Waals surface area contributed by atoms with Crippen molar-refractivity contribution >= 4 is 28.2 Å².